The van der Waals surface area contributed by atoms with E-state index in [0.717, 1.165) is 11.3 Å². The molecule has 0 aromatic heterocycles. The Labute approximate surface area is 124 Å². The first-order valence-electron chi connectivity index (χ1n) is 6.37. The molecule has 5 heteroatoms. The molecular weight excluding hydrogens is 274 g/mol. The Morgan fingerprint density at radius 3 is 2.80 bits per heavy atom. The van der Waals surface area contributed by atoms with Crippen LogP contribution in [0.5, 0.6) is 5.75 Å². The predicted octanol–water partition coefficient (Wildman–Crippen LogP) is 1.94. The lowest BCUT2D eigenvalue weighted by Gasteiger charge is -2.20. The number of methoxy groups -OCH3 is 1. The molecule has 1 rings (SSSR count). The minimum absolute atomic E-state index is 0.00129. The molecule has 20 heavy (non-hydrogen) atoms. The van der Waals surface area contributed by atoms with E-state index in [0.29, 0.717) is 0 Å². The number of aliphatic hydroxyl groups excluding tert-OH is 1. The third-order valence-corrected chi connectivity index (χ3v) is 4.13. The van der Waals surface area contributed by atoms with E-state index >= 15 is 0 Å². The molecule has 1 aromatic rings. The quantitative estimate of drug-likeness (QED) is 0.755. The van der Waals surface area contributed by atoms with Crippen LogP contribution in [0.1, 0.15) is 12.5 Å². The zero-order chi connectivity index (χ0) is 15.0. The Kier molecular flexibility index (Phi) is 7.18. The fourth-order valence-corrected chi connectivity index (χ4v) is 2.40. The summed E-state index contributed by atoms with van der Waals surface area (Å²) in [6, 6.07) is 7.39. The second-order valence-corrected chi connectivity index (χ2v) is 5.41. The van der Waals surface area contributed by atoms with Gasteiger partial charge in [-0.05, 0) is 25.3 Å². The molecule has 4 nitrogen and oxygen atoms in total. The molecule has 110 valence electrons. The molecule has 2 unspecified atom stereocenters. The molecule has 0 aliphatic rings. The van der Waals surface area contributed by atoms with Gasteiger partial charge in [-0.3, -0.25) is 4.79 Å². The van der Waals surface area contributed by atoms with Crippen molar-refractivity contribution >= 4 is 23.7 Å². The van der Waals surface area contributed by atoms with Gasteiger partial charge >= 0.3 is 0 Å². The van der Waals surface area contributed by atoms with Gasteiger partial charge in [-0.15, -0.1) is 0 Å². The number of hydrogen-bond donors (Lipinski definition) is 2. The molecule has 0 saturated heterocycles. The Hall–Kier alpha value is -1.46. The van der Waals surface area contributed by atoms with Crippen molar-refractivity contribution < 1.29 is 14.6 Å². The van der Waals surface area contributed by atoms with Crippen molar-refractivity contribution in [3.8, 4) is 5.75 Å². The fraction of sp³-hybridized carbons (Fsp3) is 0.400. The smallest absolute Gasteiger partial charge is 0.244 e. The molecule has 0 aliphatic carbocycles. The standard InChI is InChI=1S/C15H21NO3S/c1-11(14(10-17)20-3)16-15(18)9-8-12-6-4-5-7-13(12)19-2/h4-9,11,14,17H,10H2,1-3H3,(H,16,18)/b9-8+. The van der Waals surface area contributed by atoms with Crippen LogP contribution in [-0.2, 0) is 4.79 Å². The van der Waals surface area contributed by atoms with Crippen molar-refractivity contribution in [2.24, 2.45) is 0 Å². The van der Waals surface area contributed by atoms with Crippen LogP contribution in [0.15, 0.2) is 30.3 Å². The second kappa shape index (κ2) is 8.66. The summed E-state index contributed by atoms with van der Waals surface area (Å²) in [5, 5.41) is 12.0. The number of para-hydroxylation sites is 1. The van der Waals surface area contributed by atoms with Crippen molar-refractivity contribution in [2.45, 2.75) is 18.2 Å². The van der Waals surface area contributed by atoms with Crippen molar-refractivity contribution in [1.82, 2.24) is 5.32 Å². The molecule has 0 fully saturated rings. The van der Waals surface area contributed by atoms with Crippen LogP contribution in [0.4, 0.5) is 0 Å². The summed E-state index contributed by atoms with van der Waals surface area (Å²) in [4.78, 5) is 11.8. The highest BCUT2D eigenvalue weighted by Crippen LogP contribution is 2.18. The average molecular weight is 295 g/mol. The van der Waals surface area contributed by atoms with Gasteiger partial charge in [-0.1, -0.05) is 18.2 Å². The Bertz CT molecular complexity index is 458. The van der Waals surface area contributed by atoms with Gasteiger partial charge in [0.25, 0.3) is 0 Å². The Morgan fingerprint density at radius 1 is 1.50 bits per heavy atom. The lowest BCUT2D eigenvalue weighted by Crippen LogP contribution is -2.40. The number of carbonyl (C=O) groups excluding carboxylic acids is 1. The maximum absolute atomic E-state index is 11.8. The van der Waals surface area contributed by atoms with E-state index in [4.69, 9.17) is 4.74 Å². The van der Waals surface area contributed by atoms with Gasteiger partial charge in [-0.2, -0.15) is 11.8 Å². The van der Waals surface area contributed by atoms with Gasteiger partial charge in [0.2, 0.25) is 5.91 Å². The number of benzene rings is 1. The summed E-state index contributed by atoms with van der Waals surface area (Å²) < 4.78 is 5.21. The largest absolute Gasteiger partial charge is 0.496 e. The number of amides is 1. The lowest BCUT2D eigenvalue weighted by molar-refractivity contribution is -0.117. The van der Waals surface area contributed by atoms with Crippen LogP contribution in [-0.4, -0.2) is 42.3 Å². The molecule has 0 radical (unpaired) electrons. The van der Waals surface area contributed by atoms with E-state index in [2.05, 4.69) is 5.32 Å². The monoisotopic (exact) mass is 295 g/mol. The van der Waals surface area contributed by atoms with Crippen LogP contribution >= 0.6 is 11.8 Å². The van der Waals surface area contributed by atoms with Crippen LogP contribution < -0.4 is 10.1 Å². The summed E-state index contributed by atoms with van der Waals surface area (Å²) in [5.74, 6) is 0.540. The number of thioether (sulfide) groups is 1. The Morgan fingerprint density at radius 2 is 2.20 bits per heavy atom. The minimum atomic E-state index is -0.184. The summed E-state index contributed by atoms with van der Waals surface area (Å²) in [6.45, 7) is 1.92. The van der Waals surface area contributed by atoms with E-state index in [1.807, 2.05) is 37.4 Å². The van der Waals surface area contributed by atoms with Gasteiger partial charge < -0.3 is 15.2 Å². The second-order valence-electron chi connectivity index (χ2n) is 4.33. The number of carbonyl (C=O) groups is 1. The van der Waals surface area contributed by atoms with E-state index in [-0.39, 0.29) is 23.8 Å². The van der Waals surface area contributed by atoms with Crippen molar-refractivity contribution in [3.05, 3.63) is 35.9 Å². The molecule has 0 heterocycles. The summed E-state index contributed by atoms with van der Waals surface area (Å²) in [6.07, 6.45) is 5.10. The van der Waals surface area contributed by atoms with Crippen molar-refractivity contribution in [3.63, 3.8) is 0 Å². The third kappa shape index (κ3) is 4.90. The molecule has 0 bridgehead atoms. The highest BCUT2D eigenvalue weighted by molar-refractivity contribution is 7.99. The van der Waals surface area contributed by atoms with Gasteiger partial charge in [-0.25, -0.2) is 0 Å². The molecule has 0 saturated carbocycles. The zero-order valence-electron chi connectivity index (χ0n) is 12.0. The molecule has 0 spiro atoms. The lowest BCUT2D eigenvalue weighted by atomic mass is 10.2. The Balaban J connectivity index is 2.64. The SMILES string of the molecule is COc1ccccc1/C=C/C(=O)NC(C)C(CO)SC. The molecule has 2 atom stereocenters. The topological polar surface area (TPSA) is 58.6 Å². The van der Waals surface area contributed by atoms with Crippen LogP contribution in [0.2, 0.25) is 0 Å². The zero-order valence-corrected chi connectivity index (χ0v) is 12.8. The number of rotatable bonds is 7. The first-order valence-corrected chi connectivity index (χ1v) is 7.66. The van der Waals surface area contributed by atoms with Crippen LogP contribution in [0.25, 0.3) is 6.08 Å². The van der Waals surface area contributed by atoms with Gasteiger partial charge in [0.15, 0.2) is 0 Å². The number of nitrogens with one attached hydrogen (secondary N) is 1. The molecule has 1 aromatic carbocycles. The van der Waals surface area contributed by atoms with E-state index in [1.165, 1.54) is 17.8 Å². The molecule has 2 N–H and O–H groups in total. The van der Waals surface area contributed by atoms with Crippen molar-refractivity contribution in [1.29, 1.82) is 0 Å². The summed E-state index contributed by atoms with van der Waals surface area (Å²) in [5.41, 5.74) is 0.848. The number of aliphatic hydroxyl groups is 1. The van der Waals surface area contributed by atoms with Crippen LogP contribution in [0, 0.1) is 0 Å². The number of hydrogen-bond acceptors (Lipinski definition) is 4. The van der Waals surface area contributed by atoms with Crippen LogP contribution in [0.3, 0.4) is 0 Å². The minimum Gasteiger partial charge on any atom is -0.496 e. The average Bonchev–Trinajstić information content (AvgIpc) is 2.46. The highest BCUT2D eigenvalue weighted by Gasteiger charge is 2.16. The van der Waals surface area contributed by atoms with Crippen molar-refractivity contribution in [2.75, 3.05) is 20.0 Å². The molecule has 1 amide bonds. The van der Waals surface area contributed by atoms with Gasteiger partial charge in [0.1, 0.15) is 5.75 Å². The first kappa shape index (κ1) is 16.6. The highest BCUT2D eigenvalue weighted by atomic mass is 32.2. The summed E-state index contributed by atoms with van der Waals surface area (Å²) in [7, 11) is 1.60. The summed E-state index contributed by atoms with van der Waals surface area (Å²) >= 11 is 1.53. The fourth-order valence-electron chi connectivity index (χ4n) is 1.77. The number of ether oxygens (including phenoxy) is 1. The maximum Gasteiger partial charge on any atom is 0.244 e. The van der Waals surface area contributed by atoms with Gasteiger partial charge in [0.05, 0.1) is 13.7 Å². The van der Waals surface area contributed by atoms with E-state index in [9.17, 15) is 9.90 Å². The molecular formula is C15H21NO3S. The van der Waals surface area contributed by atoms with E-state index < -0.39 is 0 Å². The van der Waals surface area contributed by atoms with E-state index in [1.54, 1.807) is 13.2 Å². The maximum atomic E-state index is 11.8. The predicted molar refractivity (Wildman–Crippen MR) is 84.0 cm³/mol. The molecule has 0 aliphatic heterocycles. The van der Waals surface area contributed by atoms with Gasteiger partial charge in [0, 0.05) is 22.9 Å². The normalized spacial score (nSPS) is 14.0. The third-order valence-electron chi connectivity index (χ3n) is 2.96. The first-order chi connectivity index (χ1) is 9.62.